The molecule has 0 bridgehead atoms. The van der Waals surface area contributed by atoms with Gasteiger partial charge in [0.2, 0.25) is 0 Å². The first kappa shape index (κ1) is 13.2. The SMILES string of the molecule is Cc1c(C)c(S(=O)(=O)O)c(C)c(C)c1CN. The van der Waals surface area contributed by atoms with Crippen molar-refractivity contribution in [1.29, 1.82) is 0 Å². The highest BCUT2D eigenvalue weighted by Crippen LogP contribution is 2.29. The smallest absolute Gasteiger partial charge is 0.295 e. The van der Waals surface area contributed by atoms with Crippen LogP contribution in [0.3, 0.4) is 0 Å². The maximum Gasteiger partial charge on any atom is 0.295 e. The minimum atomic E-state index is -4.17. The monoisotopic (exact) mass is 243 g/mol. The van der Waals surface area contributed by atoms with Crippen LogP contribution in [-0.2, 0) is 16.7 Å². The maximum atomic E-state index is 11.3. The van der Waals surface area contributed by atoms with Crippen LogP contribution in [-0.4, -0.2) is 13.0 Å². The van der Waals surface area contributed by atoms with E-state index in [1.165, 1.54) is 0 Å². The van der Waals surface area contributed by atoms with Crippen molar-refractivity contribution in [2.24, 2.45) is 5.73 Å². The van der Waals surface area contributed by atoms with Crippen LogP contribution in [0.15, 0.2) is 4.90 Å². The molecule has 90 valence electrons. The Labute approximate surface area is 96.2 Å². The summed E-state index contributed by atoms with van der Waals surface area (Å²) >= 11 is 0. The second-order valence-corrected chi connectivity index (χ2v) is 5.35. The van der Waals surface area contributed by atoms with Crippen LogP contribution in [0.2, 0.25) is 0 Å². The van der Waals surface area contributed by atoms with Gasteiger partial charge in [-0.2, -0.15) is 8.42 Å². The fourth-order valence-corrected chi connectivity index (χ4v) is 3.13. The molecule has 16 heavy (non-hydrogen) atoms. The van der Waals surface area contributed by atoms with Crippen LogP contribution in [0.25, 0.3) is 0 Å². The summed E-state index contributed by atoms with van der Waals surface area (Å²) < 4.78 is 31.8. The molecule has 0 saturated heterocycles. The van der Waals surface area contributed by atoms with Crippen molar-refractivity contribution in [3.05, 3.63) is 27.8 Å². The molecule has 0 aliphatic heterocycles. The second-order valence-electron chi connectivity index (χ2n) is 3.99. The summed E-state index contributed by atoms with van der Waals surface area (Å²) in [5.41, 5.74) is 9.40. The molecule has 0 spiro atoms. The third-order valence-corrected chi connectivity index (χ3v) is 4.30. The number of hydrogen-bond donors (Lipinski definition) is 2. The lowest BCUT2D eigenvalue weighted by atomic mass is 9.94. The van der Waals surface area contributed by atoms with Crippen molar-refractivity contribution >= 4 is 10.1 Å². The van der Waals surface area contributed by atoms with E-state index in [0.29, 0.717) is 17.7 Å². The Morgan fingerprint density at radius 1 is 1.00 bits per heavy atom. The summed E-state index contributed by atoms with van der Waals surface area (Å²) in [5.74, 6) is 0. The first-order chi connectivity index (χ1) is 7.21. The van der Waals surface area contributed by atoms with Gasteiger partial charge in [-0.1, -0.05) is 0 Å². The molecule has 0 atom stereocenters. The van der Waals surface area contributed by atoms with E-state index >= 15 is 0 Å². The molecule has 0 radical (unpaired) electrons. The average molecular weight is 243 g/mol. The van der Waals surface area contributed by atoms with Crippen LogP contribution in [0.5, 0.6) is 0 Å². The number of benzene rings is 1. The van der Waals surface area contributed by atoms with Crippen LogP contribution < -0.4 is 5.73 Å². The molecule has 0 heterocycles. The molecule has 1 rings (SSSR count). The third kappa shape index (κ3) is 1.98. The Morgan fingerprint density at radius 3 is 1.62 bits per heavy atom. The van der Waals surface area contributed by atoms with Gasteiger partial charge in [-0.3, -0.25) is 4.55 Å². The van der Waals surface area contributed by atoms with Crippen molar-refractivity contribution in [3.63, 3.8) is 0 Å². The molecule has 1 aromatic carbocycles. The largest absolute Gasteiger partial charge is 0.326 e. The summed E-state index contributed by atoms with van der Waals surface area (Å²) in [6, 6.07) is 0. The molecule has 0 saturated carbocycles. The number of nitrogens with two attached hydrogens (primary N) is 1. The van der Waals surface area contributed by atoms with Crippen LogP contribution in [0.1, 0.15) is 27.8 Å². The Morgan fingerprint density at radius 2 is 1.38 bits per heavy atom. The van der Waals surface area contributed by atoms with Gasteiger partial charge in [0.25, 0.3) is 10.1 Å². The predicted octanol–water partition coefficient (Wildman–Crippen LogP) is 1.63. The molecule has 0 aliphatic rings. The highest BCUT2D eigenvalue weighted by molar-refractivity contribution is 7.86. The van der Waals surface area contributed by atoms with Gasteiger partial charge < -0.3 is 5.73 Å². The molecular formula is C11H17NO3S. The van der Waals surface area contributed by atoms with E-state index in [2.05, 4.69) is 0 Å². The third-order valence-electron chi connectivity index (χ3n) is 3.17. The molecule has 4 nitrogen and oxygen atoms in total. The van der Waals surface area contributed by atoms with Crippen LogP contribution >= 0.6 is 0 Å². The summed E-state index contributed by atoms with van der Waals surface area (Å²) in [6.07, 6.45) is 0. The lowest BCUT2D eigenvalue weighted by Gasteiger charge is -2.17. The van der Waals surface area contributed by atoms with E-state index in [4.69, 9.17) is 5.73 Å². The maximum absolute atomic E-state index is 11.3. The minimum Gasteiger partial charge on any atom is -0.326 e. The zero-order chi connectivity index (χ0) is 12.7. The van der Waals surface area contributed by atoms with E-state index in [-0.39, 0.29) is 4.90 Å². The topological polar surface area (TPSA) is 80.4 Å². The quantitative estimate of drug-likeness (QED) is 0.773. The summed E-state index contributed by atoms with van der Waals surface area (Å²) in [5, 5.41) is 0. The molecule has 0 fully saturated rings. The molecule has 0 aliphatic carbocycles. The standard InChI is InChI=1S/C11H17NO3S/c1-6-8(3)11(16(13,14)15)9(4)7(2)10(6)5-12/h5,12H2,1-4H3,(H,13,14,15). The Balaban J connectivity index is 3.82. The molecule has 0 unspecified atom stereocenters. The van der Waals surface area contributed by atoms with Crippen molar-refractivity contribution < 1.29 is 13.0 Å². The minimum absolute atomic E-state index is 0.0136. The number of rotatable bonds is 2. The Kier molecular flexibility index (Phi) is 3.42. The lowest BCUT2D eigenvalue weighted by molar-refractivity contribution is 0.481. The number of hydrogen-bond acceptors (Lipinski definition) is 3. The fraction of sp³-hybridized carbons (Fsp3) is 0.455. The zero-order valence-electron chi connectivity index (χ0n) is 9.96. The summed E-state index contributed by atoms with van der Waals surface area (Å²) in [4.78, 5) is 0.0136. The second kappa shape index (κ2) is 4.16. The Hall–Kier alpha value is -0.910. The van der Waals surface area contributed by atoms with Gasteiger partial charge >= 0.3 is 0 Å². The first-order valence-corrected chi connectivity index (χ1v) is 6.42. The normalized spacial score (nSPS) is 11.9. The average Bonchev–Trinajstić information content (AvgIpc) is 2.14. The first-order valence-electron chi connectivity index (χ1n) is 4.98. The molecule has 3 N–H and O–H groups in total. The fourth-order valence-electron chi connectivity index (χ4n) is 2.05. The van der Waals surface area contributed by atoms with Crippen LogP contribution in [0.4, 0.5) is 0 Å². The van der Waals surface area contributed by atoms with E-state index in [1.807, 2.05) is 13.8 Å². The van der Waals surface area contributed by atoms with Crippen LogP contribution in [0, 0.1) is 27.7 Å². The summed E-state index contributed by atoms with van der Waals surface area (Å²) in [7, 11) is -4.17. The van der Waals surface area contributed by atoms with Gasteiger partial charge in [0.15, 0.2) is 0 Å². The van der Waals surface area contributed by atoms with E-state index < -0.39 is 10.1 Å². The van der Waals surface area contributed by atoms with Crippen molar-refractivity contribution in [3.8, 4) is 0 Å². The van der Waals surface area contributed by atoms with Gasteiger partial charge in [-0.25, -0.2) is 0 Å². The lowest BCUT2D eigenvalue weighted by Crippen LogP contribution is -2.12. The Bertz CT molecular complexity index is 504. The highest BCUT2D eigenvalue weighted by Gasteiger charge is 2.21. The van der Waals surface area contributed by atoms with Gasteiger partial charge in [0, 0.05) is 6.54 Å². The zero-order valence-corrected chi connectivity index (χ0v) is 10.8. The van der Waals surface area contributed by atoms with Crippen molar-refractivity contribution in [2.45, 2.75) is 39.1 Å². The van der Waals surface area contributed by atoms with Crippen molar-refractivity contribution in [2.75, 3.05) is 0 Å². The molecule has 0 aromatic heterocycles. The van der Waals surface area contributed by atoms with Crippen molar-refractivity contribution in [1.82, 2.24) is 0 Å². The molecular weight excluding hydrogens is 226 g/mol. The van der Waals surface area contributed by atoms with Gasteiger partial charge in [0.1, 0.15) is 4.90 Å². The molecule has 0 amide bonds. The summed E-state index contributed by atoms with van der Waals surface area (Å²) in [6.45, 7) is 7.37. The molecule has 5 heteroatoms. The molecule has 1 aromatic rings. The van der Waals surface area contributed by atoms with E-state index in [1.54, 1.807) is 13.8 Å². The predicted molar refractivity (Wildman–Crippen MR) is 63.1 cm³/mol. The highest BCUT2D eigenvalue weighted by atomic mass is 32.2. The van der Waals surface area contributed by atoms with Gasteiger partial charge in [-0.05, 0) is 55.5 Å². The van der Waals surface area contributed by atoms with E-state index in [9.17, 15) is 13.0 Å². The van der Waals surface area contributed by atoms with Gasteiger partial charge in [0.05, 0.1) is 0 Å². The van der Waals surface area contributed by atoms with Gasteiger partial charge in [-0.15, -0.1) is 0 Å². The van der Waals surface area contributed by atoms with E-state index in [0.717, 1.165) is 16.7 Å².